The molecule has 1 aromatic carbocycles. The van der Waals surface area contributed by atoms with Gasteiger partial charge in [0, 0.05) is 47.0 Å². The Kier molecular flexibility index (Phi) is 14.6. The number of nitrogens with one attached hydrogen (secondary N) is 1. The van der Waals surface area contributed by atoms with E-state index in [0.717, 1.165) is 11.1 Å². The topological polar surface area (TPSA) is 177 Å². The molecule has 4 bridgehead atoms. The van der Waals surface area contributed by atoms with E-state index in [-0.39, 0.29) is 30.2 Å². The van der Waals surface area contributed by atoms with Gasteiger partial charge in [0.25, 0.3) is 0 Å². The number of carbonyl (C=O) groups excluding carboxylic acids is 5. The molecular formula is C39H55ClN4O11S. The fourth-order valence-corrected chi connectivity index (χ4v) is 7.65. The Morgan fingerprint density at radius 1 is 1.16 bits per heavy atom. The SMILES string of the molecule is COc1cc2cc(c1Cl)N(C)C(=O)CC(OC(=O)[C@H](C)N(C)C(=O)C(C)N(C)C(=O)CCS)C1(C)OC1C(C)C1CC(O)(NC(=O)O1)C(OC)/C=C/C=C(\C)C2. The van der Waals surface area contributed by atoms with Crippen LogP contribution in [0, 0.1) is 5.92 Å². The zero-order valence-corrected chi connectivity index (χ0v) is 35.3. The molecule has 2 N–H and O–H groups in total. The Morgan fingerprint density at radius 3 is 2.46 bits per heavy atom. The number of hydrogen-bond acceptors (Lipinski definition) is 12. The predicted molar refractivity (Wildman–Crippen MR) is 212 cm³/mol. The first kappa shape index (κ1) is 44.9. The lowest BCUT2D eigenvalue weighted by Gasteiger charge is -2.42. The number of nitrogens with zero attached hydrogens (tertiary/aromatic N) is 3. The van der Waals surface area contributed by atoms with E-state index in [1.54, 1.807) is 52.1 Å². The highest BCUT2D eigenvalue weighted by Crippen LogP contribution is 2.49. The molecule has 3 heterocycles. The summed E-state index contributed by atoms with van der Waals surface area (Å²) in [4.78, 5) is 70.8. The molecular weight excluding hydrogens is 768 g/mol. The maximum absolute atomic E-state index is 14.2. The second-order valence-electron chi connectivity index (χ2n) is 15.0. The molecule has 0 aliphatic carbocycles. The average Bonchev–Trinajstić information content (AvgIpc) is 3.85. The van der Waals surface area contributed by atoms with Crippen LogP contribution in [0.3, 0.4) is 0 Å². The van der Waals surface area contributed by atoms with Gasteiger partial charge in [0.1, 0.15) is 46.8 Å². The molecule has 3 aliphatic heterocycles. The molecule has 3 aliphatic rings. The summed E-state index contributed by atoms with van der Waals surface area (Å²) in [5.74, 6) is -1.98. The van der Waals surface area contributed by atoms with Crippen LogP contribution in [0.5, 0.6) is 5.75 Å². The molecule has 9 atom stereocenters. The van der Waals surface area contributed by atoms with Gasteiger partial charge >= 0.3 is 12.1 Å². The predicted octanol–water partition coefficient (Wildman–Crippen LogP) is 3.68. The number of rotatable bonds is 9. The van der Waals surface area contributed by atoms with Crippen molar-refractivity contribution in [3.05, 3.63) is 46.5 Å². The van der Waals surface area contributed by atoms with Gasteiger partial charge in [-0.05, 0) is 57.6 Å². The summed E-state index contributed by atoms with van der Waals surface area (Å²) in [5, 5.41) is 14.5. The second kappa shape index (κ2) is 18.2. The number of epoxide rings is 1. The van der Waals surface area contributed by atoms with E-state index >= 15 is 0 Å². The van der Waals surface area contributed by atoms with E-state index in [9.17, 15) is 29.1 Å². The third-order valence-electron chi connectivity index (χ3n) is 11.1. The molecule has 0 aromatic heterocycles. The third kappa shape index (κ3) is 9.64. The molecule has 4 amide bonds. The number of allylic oxidation sites excluding steroid dienone is 3. The molecule has 15 nitrogen and oxygen atoms in total. The highest BCUT2D eigenvalue weighted by molar-refractivity contribution is 7.80. The molecule has 56 heavy (non-hydrogen) atoms. The van der Waals surface area contributed by atoms with E-state index in [1.165, 1.54) is 49.9 Å². The standard InChI is InChI=1S/C39H55ClN4O11S/c1-21-12-11-13-29(52-10)39(50)20-28(53-37(49)41-39)22(2)34-38(5,55-34)30(19-32(46)44(8)26-17-25(16-21)18-27(51-9)33(26)40)54-36(48)24(4)43(7)35(47)23(3)42(6)31(45)14-15-56/h11-13,17-18,22-24,28-30,34,50,56H,14-16,19-20H2,1-10H3,(H,41,49)/b13-11+,21-12+/t22?,23?,24-,28?,29?,30?,34?,38?,39?/m0/s1. The number of benzene rings is 1. The minimum absolute atomic E-state index is 0.0787. The van der Waals surface area contributed by atoms with Crippen molar-refractivity contribution >= 4 is 59.7 Å². The molecule has 2 fully saturated rings. The highest BCUT2D eigenvalue weighted by atomic mass is 35.5. The summed E-state index contributed by atoms with van der Waals surface area (Å²) in [5.41, 5.74) is -1.07. The van der Waals surface area contributed by atoms with Crippen molar-refractivity contribution in [2.45, 2.75) is 108 Å². The Labute approximate surface area is 339 Å². The van der Waals surface area contributed by atoms with Crippen molar-refractivity contribution < 1.29 is 52.8 Å². The number of fused-ring (bicyclic) bond motifs is 5. The molecule has 2 saturated heterocycles. The first-order chi connectivity index (χ1) is 26.2. The lowest BCUT2D eigenvalue weighted by atomic mass is 9.83. The number of alkyl carbamates (subject to hydrolysis) is 1. The zero-order valence-electron chi connectivity index (χ0n) is 33.7. The molecule has 0 spiro atoms. The van der Waals surface area contributed by atoms with Crippen molar-refractivity contribution in [2.75, 3.05) is 46.0 Å². The molecule has 4 rings (SSSR count). The lowest BCUT2D eigenvalue weighted by Crippen LogP contribution is -2.63. The largest absolute Gasteiger partial charge is 0.495 e. The summed E-state index contributed by atoms with van der Waals surface area (Å²) in [6.07, 6.45) is 0.735. The van der Waals surface area contributed by atoms with Gasteiger partial charge in [-0.1, -0.05) is 42.3 Å². The number of esters is 1. The number of methoxy groups -OCH3 is 2. The van der Waals surface area contributed by atoms with Gasteiger partial charge < -0.3 is 43.5 Å². The molecule has 0 radical (unpaired) electrons. The van der Waals surface area contributed by atoms with Gasteiger partial charge in [0.2, 0.25) is 17.7 Å². The number of hydrogen-bond donors (Lipinski definition) is 3. The smallest absolute Gasteiger partial charge is 0.409 e. The van der Waals surface area contributed by atoms with Crippen LogP contribution in [-0.4, -0.2) is 134 Å². The minimum atomic E-state index is -1.85. The number of aliphatic hydroxyl groups is 1. The van der Waals surface area contributed by atoms with Crippen LogP contribution in [0.2, 0.25) is 5.02 Å². The van der Waals surface area contributed by atoms with Crippen LogP contribution in [0.4, 0.5) is 10.5 Å². The summed E-state index contributed by atoms with van der Waals surface area (Å²) >= 11 is 10.9. The quantitative estimate of drug-likeness (QED) is 0.188. The van der Waals surface area contributed by atoms with Crippen LogP contribution in [0.15, 0.2) is 35.9 Å². The number of amides is 4. The fraction of sp³-hybridized carbons (Fsp3) is 0.615. The van der Waals surface area contributed by atoms with Crippen LogP contribution < -0.4 is 15.0 Å². The number of halogens is 1. The van der Waals surface area contributed by atoms with E-state index in [2.05, 4.69) is 17.9 Å². The van der Waals surface area contributed by atoms with Crippen LogP contribution in [-0.2, 0) is 44.5 Å². The monoisotopic (exact) mass is 822 g/mol. The third-order valence-corrected chi connectivity index (χ3v) is 11.7. The van der Waals surface area contributed by atoms with Crippen LogP contribution in [0.25, 0.3) is 0 Å². The normalized spacial score (nSPS) is 30.6. The van der Waals surface area contributed by atoms with E-state index in [4.69, 9.17) is 35.3 Å². The molecule has 1 aromatic rings. The van der Waals surface area contributed by atoms with Crippen LogP contribution >= 0.6 is 24.2 Å². The lowest BCUT2D eigenvalue weighted by molar-refractivity contribution is -0.163. The fourth-order valence-electron chi connectivity index (χ4n) is 7.14. The van der Waals surface area contributed by atoms with Crippen molar-refractivity contribution in [1.82, 2.24) is 15.1 Å². The number of ether oxygens (including phenoxy) is 5. The van der Waals surface area contributed by atoms with Crippen molar-refractivity contribution in [3.63, 3.8) is 0 Å². The zero-order chi connectivity index (χ0) is 41.9. The van der Waals surface area contributed by atoms with Gasteiger partial charge in [-0.15, -0.1) is 0 Å². The number of carbonyl (C=O) groups is 5. The van der Waals surface area contributed by atoms with Crippen LogP contribution in [0.1, 0.15) is 59.4 Å². The summed E-state index contributed by atoms with van der Waals surface area (Å²) in [7, 11) is 7.38. The van der Waals surface area contributed by atoms with Crippen molar-refractivity contribution in [1.29, 1.82) is 0 Å². The number of anilines is 1. The Morgan fingerprint density at radius 2 is 1.84 bits per heavy atom. The van der Waals surface area contributed by atoms with Gasteiger partial charge in [-0.2, -0.15) is 12.6 Å². The first-order valence-corrected chi connectivity index (χ1v) is 19.5. The number of likely N-dealkylation sites (N-methyl/N-ethyl adjacent to an activating group) is 2. The van der Waals surface area contributed by atoms with E-state index in [0.29, 0.717) is 23.6 Å². The molecule has 0 saturated carbocycles. The minimum Gasteiger partial charge on any atom is -0.495 e. The highest BCUT2D eigenvalue weighted by Gasteiger charge is 2.64. The molecule has 310 valence electrons. The first-order valence-electron chi connectivity index (χ1n) is 18.4. The summed E-state index contributed by atoms with van der Waals surface area (Å²) in [6.45, 7) is 8.42. The van der Waals surface area contributed by atoms with E-state index in [1.807, 2.05) is 13.0 Å². The van der Waals surface area contributed by atoms with Crippen molar-refractivity contribution in [3.8, 4) is 5.75 Å². The van der Waals surface area contributed by atoms with E-state index < -0.39 is 77.6 Å². The number of thiol groups is 1. The van der Waals surface area contributed by atoms with Gasteiger partial charge in [-0.25, -0.2) is 9.59 Å². The summed E-state index contributed by atoms with van der Waals surface area (Å²) in [6, 6.07) is 1.53. The molecule has 8 unspecified atom stereocenters. The summed E-state index contributed by atoms with van der Waals surface area (Å²) < 4.78 is 29.2. The van der Waals surface area contributed by atoms with Crippen molar-refractivity contribution in [2.24, 2.45) is 5.92 Å². The van der Waals surface area contributed by atoms with Gasteiger partial charge in [0.15, 0.2) is 5.72 Å². The van der Waals surface area contributed by atoms with Gasteiger partial charge in [0.05, 0.1) is 25.3 Å². The Balaban J connectivity index is 1.73. The average molecular weight is 823 g/mol. The molecule has 17 heteroatoms. The maximum atomic E-state index is 14.2. The maximum Gasteiger partial charge on any atom is 0.409 e. The Hall–Kier alpha value is -3.83. The van der Waals surface area contributed by atoms with Gasteiger partial charge in [-0.3, -0.25) is 19.7 Å². The Bertz CT molecular complexity index is 1740. The second-order valence-corrected chi connectivity index (χ2v) is 15.8.